The van der Waals surface area contributed by atoms with Crippen molar-refractivity contribution in [2.75, 3.05) is 5.43 Å². The number of hydrogen-bond donors (Lipinski definition) is 1. The second kappa shape index (κ2) is 6.82. The quantitative estimate of drug-likeness (QED) is 0.484. The first-order chi connectivity index (χ1) is 14.1. The summed E-state index contributed by atoms with van der Waals surface area (Å²) >= 11 is 1.38. The average Bonchev–Trinajstić information content (AvgIpc) is 3.40. The van der Waals surface area contributed by atoms with Gasteiger partial charge in [-0.3, -0.25) is 14.9 Å². The zero-order valence-electron chi connectivity index (χ0n) is 15.5. The molecule has 0 fully saturated rings. The molecule has 0 spiro atoms. The number of thiophene rings is 1. The summed E-state index contributed by atoms with van der Waals surface area (Å²) in [4.78, 5) is 18.6. The maximum Gasteiger partial charge on any atom is 0.280 e. The second-order valence-corrected chi connectivity index (χ2v) is 7.77. The Kier molecular flexibility index (Phi) is 4.13. The number of halogens is 1. The van der Waals surface area contributed by atoms with Crippen LogP contribution in [0.25, 0.3) is 21.3 Å². The number of benzene rings is 2. The van der Waals surface area contributed by atoms with E-state index in [4.69, 9.17) is 0 Å². The molecule has 0 bridgehead atoms. The molecule has 0 radical (unpaired) electrons. The number of aromatic nitrogens is 4. The number of carbonyl (C=O) groups is 1. The molecule has 3 aromatic heterocycles. The van der Waals surface area contributed by atoms with E-state index in [0.717, 1.165) is 32.5 Å². The van der Waals surface area contributed by atoms with Crippen LogP contribution >= 0.6 is 11.3 Å². The Labute approximate surface area is 169 Å². The molecule has 1 N–H and O–H groups in total. The van der Waals surface area contributed by atoms with Crippen LogP contribution in [0.1, 0.15) is 20.9 Å². The summed E-state index contributed by atoms with van der Waals surface area (Å²) in [5.74, 6) is -0.472. The van der Waals surface area contributed by atoms with E-state index < -0.39 is 0 Å². The van der Waals surface area contributed by atoms with Crippen molar-refractivity contribution in [3.05, 3.63) is 82.9 Å². The van der Waals surface area contributed by atoms with Crippen molar-refractivity contribution in [3.63, 3.8) is 0 Å². The van der Waals surface area contributed by atoms with E-state index in [1.165, 1.54) is 23.5 Å². The highest BCUT2D eigenvalue weighted by molar-refractivity contribution is 7.20. The molecule has 6 nitrogen and oxygen atoms in total. The number of aryl methyl sites for hydroxylation is 1. The summed E-state index contributed by atoms with van der Waals surface area (Å²) in [6.45, 7) is 2.43. The van der Waals surface area contributed by atoms with Gasteiger partial charge in [0.2, 0.25) is 0 Å². The first kappa shape index (κ1) is 17.6. The van der Waals surface area contributed by atoms with Gasteiger partial charge in [-0.2, -0.15) is 5.10 Å². The van der Waals surface area contributed by atoms with Gasteiger partial charge in [0, 0.05) is 5.39 Å². The number of para-hydroxylation sites is 2. The first-order valence-corrected chi connectivity index (χ1v) is 9.85. The van der Waals surface area contributed by atoms with Gasteiger partial charge in [0.15, 0.2) is 0 Å². The summed E-state index contributed by atoms with van der Waals surface area (Å²) in [5, 5.41) is 5.51. The van der Waals surface area contributed by atoms with Gasteiger partial charge in [-0.25, -0.2) is 14.1 Å². The Bertz CT molecular complexity index is 1350. The van der Waals surface area contributed by atoms with Crippen LogP contribution in [-0.2, 0) is 6.54 Å². The minimum atomic E-state index is -0.266. The molecule has 2 aromatic carbocycles. The second-order valence-electron chi connectivity index (χ2n) is 6.74. The summed E-state index contributed by atoms with van der Waals surface area (Å²) in [5.41, 5.74) is 6.33. The smallest absolute Gasteiger partial charge is 0.266 e. The first-order valence-electron chi connectivity index (χ1n) is 9.03. The van der Waals surface area contributed by atoms with Crippen LogP contribution in [0.3, 0.4) is 0 Å². The number of carbonyl (C=O) groups excluding carboxylic acids is 1. The molecule has 5 aromatic rings. The molecule has 0 saturated heterocycles. The van der Waals surface area contributed by atoms with E-state index >= 15 is 0 Å². The van der Waals surface area contributed by atoms with Crippen molar-refractivity contribution >= 4 is 38.5 Å². The molecule has 29 heavy (non-hydrogen) atoms. The highest BCUT2D eigenvalue weighted by atomic mass is 32.1. The number of amides is 1. The van der Waals surface area contributed by atoms with Gasteiger partial charge in [0.1, 0.15) is 17.0 Å². The zero-order valence-corrected chi connectivity index (χ0v) is 16.3. The normalized spacial score (nSPS) is 11.4. The predicted molar refractivity (Wildman–Crippen MR) is 111 cm³/mol. The predicted octanol–water partition coefficient (Wildman–Crippen LogP) is 4.33. The fraction of sp³-hybridized carbons (Fsp3) is 0.0952. The van der Waals surface area contributed by atoms with Crippen molar-refractivity contribution in [3.8, 4) is 0 Å². The Hall–Kier alpha value is -3.52. The number of rotatable bonds is 4. The molecular weight excluding hydrogens is 389 g/mol. The van der Waals surface area contributed by atoms with Gasteiger partial charge >= 0.3 is 0 Å². The summed E-state index contributed by atoms with van der Waals surface area (Å²) in [6.07, 6.45) is 1.59. The van der Waals surface area contributed by atoms with E-state index in [-0.39, 0.29) is 11.7 Å². The standard InChI is InChI=1S/C21H16FN5OS/c1-13-16-10-19(20(28)25-27-12-23-17-4-2-3-5-18(17)27)29-21(16)26(24-13)11-14-6-8-15(22)9-7-14/h2-10,12H,11H2,1H3,(H,25,28). The lowest BCUT2D eigenvalue weighted by Crippen LogP contribution is -2.21. The molecule has 3 heterocycles. The molecular formula is C21H16FN5OS. The van der Waals surface area contributed by atoms with Crippen LogP contribution in [0, 0.1) is 12.7 Å². The van der Waals surface area contributed by atoms with E-state index in [2.05, 4.69) is 15.5 Å². The largest absolute Gasteiger partial charge is 0.280 e. The van der Waals surface area contributed by atoms with Crippen LogP contribution < -0.4 is 5.43 Å². The zero-order chi connectivity index (χ0) is 20.0. The molecule has 0 atom stereocenters. The molecule has 144 valence electrons. The van der Waals surface area contributed by atoms with E-state index in [1.807, 2.05) is 41.9 Å². The minimum absolute atomic E-state index is 0.206. The van der Waals surface area contributed by atoms with Gasteiger partial charge in [-0.05, 0) is 42.8 Å². The Balaban J connectivity index is 1.45. The van der Waals surface area contributed by atoms with Crippen molar-refractivity contribution < 1.29 is 9.18 Å². The Morgan fingerprint density at radius 3 is 2.79 bits per heavy atom. The molecule has 0 unspecified atom stereocenters. The van der Waals surface area contributed by atoms with Crippen LogP contribution in [0.15, 0.2) is 60.9 Å². The SMILES string of the molecule is Cc1nn(Cc2ccc(F)cc2)c2sc(C(=O)Nn3cnc4ccccc43)cc12. The van der Waals surface area contributed by atoms with E-state index in [1.54, 1.807) is 23.1 Å². The van der Waals surface area contributed by atoms with Gasteiger partial charge < -0.3 is 0 Å². The van der Waals surface area contributed by atoms with Crippen molar-refractivity contribution in [2.24, 2.45) is 0 Å². The van der Waals surface area contributed by atoms with Gasteiger partial charge in [0.05, 0.1) is 28.1 Å². The maximum absolute atomic E-state index is 13.2. The van der Waals surface area contributed by atoms with E-state index in [9.17, 15) is 9.18 Å². The van der Waals surface area contributed by atoms with Gasteiger partial charge in [-0.15, -0.1) is 11.3 Å². The molecule has 0 aliphatic rings. The topological polar surface area (TPSA) is 64.7 Å². The summed E-state index contributed by atoms with van der Waals surface area (Å²) in [6, 6.07) is 15.8. The third-order valence-electron chi connectivity index (χ3n) is 4.75. The molecule has 0 aliphatic heterocycles. The van der Waals surface area contributed by atoms with Crippen molar-refractivity contribution in [1.29, 1.82) is 0 Å². The minimum Gasteiger partial charge on any atom is -0.266 e. The molecule has 5 rings (SSSR count). The number of nitrogens with zero attached hydrogens (tertiary/aromatic N) is 4. The molecule has 0 saturated carbocycles. The monoisotopic (exact) mass is 405 g/mol. The highest BCUT2D eigenvalue weighted by Gasteiger charge is 2.17. The number of nitrogens with one attached hydrogen (secondary N) is 1. The highest BCUT2D eigenvalue weighted by Crippen LogP contribution is 2.29. The fourth-order valence-electron chi connectivity index (χ4n) is 3.31. The van der Waals surface area contributed by atoms with Crippen LogP contribution in [0.2, 0.25) is 0 Å². The van der Waals surface area contributed by atoms with Crippen molar-refractivity contribution in [2.45, 2.75) is 13.5 Å². The van der Waals surface area contributed by atoms with Crippen molar-refractivity contribution in [1.82, 2.24) is 19.4 Å². The molecule has 1 amide bonds. The summed E-state index contributed by atoms with van der Waals surface area (Å²) < 4.78 is 16.6. The number of imidazole rings is 1. The number of hydrogen-bond acceptors (Lipinski definition) is 4. The maximum atomic E-state index is 13.2. The van der Waals surface area contributed by atoms with Crippen LogP contribution in [-0.4, -0.2) is 25.3 Å². The lowest BCUT2D eigenvalue weighted by molar-refractivity contribution is 0.101. The van der Waals surface area contributed by atoms with Crippen LogP contribution in [0.5, 0.6) is 0 Å². The van der Waals surface area contributed by atoms with Gasteiger partial charge in [0.25, 0.3) is 5.91 Å². The molecule has 0 aliphatic carbocycles. The fourth-order valence-corrected chi connectivity index (χ4v) is 4.36. The lowest BCUT2D eigenvalue weighted by Gasteiger charge is -2.05. The lowest BCUT2D eigenvalue weighted by atomic mass is 10.2. The van der Waals surface area contributed by atoms with Crippen LogP contribution in [0.4, 0.5) is 4.39 Å². The average molecular weight is 405 g/mol. The van der Waals surface area contributed by atoms with Gasteiger partial charge in [-0.1, -0.05) is 24.3 Å². The number of fused-ring (bicyclic) bond motifs is 2. The third kappa shape index (κ3) is 3.17. The van der Waals surface area contributed by atoms with E-state index in [0.29, 0.717) is 11.4 Å². The third-order valence-corrected chi connectivity index (χ3v) is 5.90. The summed E-state index contributed by atoms with van der Waals surface area (Å²) in [7, 11) is 0. The Morgan fingerprint density at radius 2 is 1.97 bits per heavy atom. The Morgan fingerprint density at radius 1 is 1.17 bits per heavy atom. The molecule has 8 heteroatoms.